The van der Waals surface area contributed by atoms with E-state index in [9.17, 15) is 14.7 Å². The predicted octanol–water partition coefficient (Wildman–Crippen LogP) is 8.87. The van der Waals surface area contributed by atoms with Crippen LogP contribution in [-0.4, -0.2) is 35.0 Å². The second-order valence-electron chi connectivity index (χ2n) is 12.1. The van der Waals surface area contributed by atoms with Crippen molar-refractivity contribution in [1.29, 1.82) is 0 Å². The summed E-state index contributed by atoms with van der Waals surface area (Å²) in [4.78, 5) is 25.3. The molecule has 5 heteroatoms. The lowest BCUT2D eigenvalue weighted by atomic mass is 9.69. The van der Waals surface area contributed by atoms with E-state index in [2.05, 4.69) is 57.3 Å². The Morgan fingerprint density at radius 2 is 1.79 bits per heavy atom. The van der Waals surface area contributed by atoms with E-state index in [0.29, 0.717) is 23.7 Å². The minimum atomic E-state index is -0.993. The quantitative estimate of drug-likeness (QED) is 0.246. The van der Waals surface area contributed by atoms with Crippen LogP contribution in [0.1, 0.15) is 112 Å². The molecule has 214 valence electrons. The van der Waals surface area contributed by atoms with E-state index in [-0.39, 0.29) is 11.3 Å². The Labute approximate surface area is 240 Å². The molecule has 0 bridgehead atoms. The third kappa shape index (κ3) is 8.61. The first-order valence-electron chi connectivity index (χ1n) is 14.9. The van der Waals surface area contributed by atoms with Crippen LogP contribution in [0.4, 0.5) is 0 Å². The number of aliphatic carboxylic acids is 1. The molecule has 0 spiro atoms. The largest absolute Gasteiger partial charge is 0.480 e. The second kappa shape index (κ2) is 14.9. The lowest BCUT2D eigenvalue weighted by Crippen LogP contribution is -2.41. The first-order chi connectivity index (χ1) is 18.7. The van der Waals surface area contributed by atoms with Gasteiger partial charge in [-0.2, -0.15) is 11.8 Å². The summed E-state index contributed by atoms with van der Waals surface area (Å²) in [5, 5.41) is 12.5. The zero-order chi connectivity index (χ0) is 28.4. The summed E-state index contributed by atoms with van der Waals surface area (Å²) in [5.41, 5.74) is 4.93. The molecule has 1 unspecified atom stereocenters. The minimum Gasteiger partial charge on any atom is -0.480 e. The normalized spacial score (nSPS) is 16.0. The second-order valence-corrected chi connectivity index (χ2v) is 13.1. The number of carboxylic acids is 1. The van der Waals surface area contributed by atoms with Gasteiger partial charge in [-0.25, -0.2) is 4.79 Å². The Morgan fingerprint density at radius 1 is 1.08 bits per heavy atom. The number of hydrogen-bond donors (Lipinski definition) is 2. The van der Waals surface area contributed by atoms with Crippen LogP contribution in [0.2, 0.25) is 0 Å². The SMILES string of the molecule is CCC(c1ccc(C(=O)N[C@@H](CCSC)C(=O)O)c(-c2ccccc2C)c1)C(C)(C)CCCC1CCCCC1. The van der Waals surface area contributed by atoms with E-state index in [0.717, 1.165) is 29.0 Å². The molecular weight excluding hydrogens is 502 g/mol. The maximum absolute atomic E-state index is 13.5. The number of carboxylic acid groups (broad SMARTS) is 1. The Balaban J connectivity index is 1.89. The van der Waals surface area contributed by atoms with Gasteiger partial charge < -0.3 is 10.4 Å². The molecule has 1 aliphatic rings. The number of carbonyl (C=O) groups is 2. The molecule has 2 atom stereocenters. The number of benzene rings is 2. The van der Waals surface area contributed by atoms with Gasteiger partial charge in [0.25, 0.3) is 5.91 Å². The first kappa shape index (κ1) is 31.3. The molecule has 39 heavy (non-hydrogen) atoms. The number of hydrogen-bond acceptors (Lipinski definition) is 3. The fourth-order valence-corrected chi connectivity index (χ4v) is 7.01. The molecule has 2 N–H and O–H groups in total. The monoisotopic (exact) mass is 551 g/mol. The standard InChI is InChI=1S/C34H49NO3S/c1-6-30(34(3,4)21-12-16-25-14-8-7-9-15-25)26-18-19-28(29(23-26)27-17-11-10-13-24(27)2)32(36)35-31(33(37)38)20-22-39-5/h10-11,13,17-19,23,25,30-31H,6-9,12,14-16,20-22H2,1-5H3,(H,35,36)(H,37,38)/t30?,31-/m0/s1. The van der Waals surface area contributed by atoms with Gasteiger partial charge in [-0.1, -0.05) is 102 Å². The van der Waals surface area contributed by atoms with Crippen LogP contribution in [0.5, 0.6) is 0 Å². The van der Waals surface area contributed by atoms with Gasteiger partial charge in [0.05, 0.1) is 0 Å². The van der Waals surface area contributed by atoms with Crippen LogP contribution in [0, 0.1) is 18.3 Å². The van der Waals surface area contributed by atoms with Gasteiger partial charge in [-0.3, -0.25) is 4.79 Å². The summed E-state index contributed by atoms with van der Waals surface area (Å²) in [6.07, 6.45) is 14.2. The Hall–Kier alpha value is -2.27. The summed E-state index contributed by atoms with van der Waals surface area (Å²) in [5.74, 6) is 0.637. The van der Waals surface area contributed by atoms with E-state index >= 15 is 0 Å². The van der Waals surface area contributed by atoms with Crippen LogP contribution >= 0.6 is 11.8 Å². The van der Waals surface area contributed by atoms with Crippen LogP contribution in [0.3, 0.4) is 0 Å². The van der Waals surface area contributed by atoms with Crippen LogP contribution < -0.4 is 5.32 Å². The Morgan fingerprint density at radius 3 is 2.44 bits per heavy atom. The average molecular weight is 552 g/mol. The molecule has 2 aromatic carbocycles. The van der Waals surface area contributed by atoms with Gasteiger partial charge in [0.2, 0.25) is 0 Å². The summed E-state index contributed by atoms with van der Waals surface area (Å²) in [7, 11) is 0. The zero-order valence-electron chi connectivity index (χ0n) is 24.7. The van der Waals surface area contributed by atoms with E-state index in [1.807, 2.05) is 24.5 Å². The summed E-state index contributed by atoms with van der Waals surface area (Å²) >= 11 is 1.58. The van der Waals surface area contributed by atoms with Crippen molar-refractivity contribution in [3.05, 3.63) is 59.2 Å². The summed E-state index contributed by atoms with van der Waals surface area (Å²) in [6, 6.07) is 13.5. The maximum Gasteiger partial charge on any atom is 0.326 e. The number of carbonyl (C=O) groups excluding carboxylic acids is 1. The smallest absolute Gasteiger partial charge is 0.326 e. The molecule has 3 rings (SSSR count). The highest BCUT2D eigenvalue weighted by atomic mass is 32.2. The van der Waals surface area contributed by atoms with Crippen LogP contribution in [0.15, 0.2) is 42.5 Å². The van der Waals surface area contributed by atoms with Crippen molar-refractivity contribution in [2.24, 2.45) is 11.3 Å². The molecule has 0 radical (unpaired) electrons. The fourth-order valence-electron chi connectivity index (χ4n) is 6.54. The van der Waals surface area contributed by atoms with Crippen molar-refractivity contribution in [3.63, 3.8) is 0 Å². The average Bonchev–Trinajstić information content (AvgIpc) is 2.91. The van der Waals surface area contributed by atoms with Crippen molar-refractivity contribution < 1.29 is 14.7 Å². The molecule has 1 aliphatic carbocycles. The summed E-state index contributed by atoms with van der Waals surface area (Å²) < 4.78 is 0. The van der Waals surface area contributed by atoms with Gasteiger partial charge in [0.15, 0.2) is 0 Å². The van der Waals surface area contributed by atoms with Crippen LogP contribution in [0.25, 0.3) is 11.1 Å². The van der Waals surface area contributed by atoms with E-state index in [1.165, 1.54) is 56.9 Å². The molecule has 1 saturated carbocycles. The molecule has 2 aromatic rings. The highest BCUT2D eigenvalue weighted by molar-refractivity contribution is 7.98. The van der Waals surface area contributed by atoms with Gasteiger partial charge in [-0.05, 0) is 83.8 Å². The number of aryl methyl sites for hydroxylation is 1. The Kier molecular flexibility index (Phi) is 12.0. The van der Waals surface area contributed by atoms with Crippen molar-refractivity contribution in [2.45, 2.75) is 104 Å². The number of nitrogens with one attached hydrogen (secondary N) is 1. The molecule has 1 fully saturated rings. The molecule has 0 heterocycles. The van der Waals surface area contributed by atoms with E-state index in [4.69, 9.17) is 0 Å². The van der Waals surface area contributed by atoms with Crippen molar-refractivity contribution >= 4 is 23.6 Å². The van der Waals surface area contributed by atoms with Gasteiger partial charge in [0, 0.05) is 5.56 Å². The first-order valence-corrected chi connectivity index (χ1v) is 16.3. The molecule has 0 aromatic heterocycles. The zero-order valence-corrected chi connectivity index (χ0v) is 25.5. The van der Waals surface area contributed by atoms with E-state index < -0.39 is 12.0 Å². The van der Waals surface area contributed by atoms with Crippen molar-refractivity contribution in [3.8, 4) is 11.1 Å². The third-order valence-electron chi connectivity index (χ3n) is 8.85. The number of amides is 1. The van der Waals surface area contributed by atoms with Gasteiger partial charge in [-0.15, -0.1) is 0 Å². The molecule has 1 amide bonds. The van der Waals surface area contributed by atoms with E-state index in [1.54, 1.807) is 11.8 Å². The Bertz CT molecular complexity index is 1090. The highest BCUT2D eigenvalue weighted by Gasteiger charge is 2.31. The molecular formula is C34H49NO3S. The number of thioether (sulfide) groups is 1. The highest BCUT2D eigenvalue weighted by Crippen LogP contribution is 2.44. The third-order valence-corrected chi connectivity index (χ3v) is 9.49. The van der Waals surface area contributed by atoms with Crippen LogP contribution in [-0.2, 0) is 4.79 Å². The molecule has 4 nitrogen and oxygen atoms in total. The fraction of sp³-hybridized carbons (Fsp3) is 0.588. The van der Waals surface area contributed by atoms with Gasteiger partial charge in [0.1, 0.15) is 6.04 Å². The molecule has 0 saturated heterocycles. The minimum absolute atomic E-state index is 0.141. The lowest BCUT2D eigenvalue weighted by molar-refractivity contribution is -0.139. The maximum atomic E-state index is 13.5. The lowest BCUT2D eigenvalue weighted by Gasteiger charge is -2.35. The predicted molar refractivity (Wildman–Crippen MR) is 166 cm³/mol. The van der Waals surface area contributed by atoms with Crippen molar-refractivity contribution in [2.75, 3.05) is 12.0 Å². The van der Waals surface area contributed by atoms with Crippen molar-refractivity contribution in [1.82, 2.24) is 5.32 Å². The van der Waals surface area contributed by atoms with Gasteiger partial charge >= 0.3 is 5.97 Å². The number of rotatable bonds is 14. The topological polar surface area (TPSA) is 66.4 Å². The molecule has 0 aliphatic heterocycles. The summed E-state index contributed by atoms with van der Waals surface area (Å²) in [6.45, 7) is 9.14.